The second-order valence-corrected chi connectivity index (χ2v) is 5.23. The highest BCUT2D eigenvalue weighted by atomic mass is 16.5. The first-order valence-electron chi connectivity index (χ1n) is 6.63. The van der Waals surface area contributed by atoms with Gasteiger partial charge in [-0.15, -0.1) is 0 Å². The predicted octanol–water partition coefficient (Wildman–Crippen LogP) is 3.58. The minimum atomic E-state index is -0.886. The molecule has 0 spiro atoms. The molecule has 19 heavy (non-hydrogen) atoms. The van der Waals surface area contributed by atoms with Gasteiger partial charge in [0.15, 0.2) is 0 Å². The van der Waals surface area contributed by atoms with E-state index in [4.69, 9.17) is 9.84 Å². The van der Waals surface area contributed by atoms with Gasteiger partial charge < -0.3 is 9.84 Å². The highest BCUT2D eigenvalue weighted by Gasteiger charge is 2.26. The Labute approximate surface area is 113 Å². The van der Waals surface area contributed by atoms with E-state index in [0.29, 0.717) is 5.92 Å². The monoisotopic (exact) mass is 260 g/mol. The molecular weight excluding hydrogens is 240 g/mol. The molecule has 0 bridgehead atoms. The quantitative estimate of drug-likeness (QED) is 0.842. The highest BCUT2D eigenvalue weighted by Crippen LogP contribution is 2.42. The third kappa shape index (κ3) is 2.80. The van der Waals surface area contributed by atoms with Crippen LogP contribution in [0.15, 0.2) is 18.2 Å². The number of carboxylic acids is 1. The van der Waals surface area contributed by atoms with Gasteiger partial charge in [0.05, 0.1) is 7.11 Å². The second kappa shape index (κ2) is 5.47. The molecule has 0 radical (unpaired) electrons. The van der Waals surface area contributed by atoms with Crippen LogP contribution in [0, 0.1) is 19.8 Å². The summed E-state index contributed by atoms with van der Waals surface area (Å²) in [6.07, 6.45) is 4.65. The number of hydrogen-bond acceptors (Lipinski definition) is 2. The Kier molecular flexibility index (Phi) is 3.93. The van der Waals surface area contributed by atoms with Crippen molar-refractivity contribution in [2.45, 2.75) is 33.1 Å². The van der Waals surface area contributed by atoms with Gasteiger partial charge in [-0.2, -0.15) is 0 Å². The number of carboxylic acid groups (broad SMARTS) is 1. The standard InChI is InChI=1S/C16H20O3/c1-10-7-11(2)16(19-3)14(8-10)13(9-15(17)18)12-5-4-6-12/h7-9,12H,4-6H2,1-3H3,(H,17,18)/b13-9+. The van der Waals surface area contributed by atoms with Crippen LogP contribution in [0.2, 0.25) is 0 Å². The molecule has 2 rings (SSSR count). The molecule has 3 heteroatoms. The number of ether oxygens (including phenoxy) is 1. The number of hydrogen-bond donors (Lipinski definition) is 1. The largest absolute Gasteiger partial charge is 0.496 e. The predicted molar refractivity (Wildman–Crippen MR) is 75.4 cm³/mol. The normalized spacial score (nSPS) is 16.1. The zero-order chi connectivity index (χ0) is 14.0. The maximum atomic E-state index is 11.1. The van der Waals surface area contributed by atoms with Gasteiger partial charge in [-0.1, -0.05) is 12.5 Å². The van der Waals surface area contributed by atoms with Crippen LogP contribution in [0.3, 0.4) is 0 Å². The fourth-order valence-electron chi connectivity index (χ4n) is 2.71. The van der Waals surface area contributed by atoms with Crippen molar-refractivity contribution in [2.75, 3.05) is 7.11 Å². The molecule has 102 valence electrons. The smallest absolute Gasteiger partial charge is 0.328 e. The minimum Gasteiger partial charge on any atom is -0.496 e. The molecule has 0 atom stereocenters. The molecule has 1 aliphatic carbocycles. The van der Waals surface area contributed by atoms with Gasteiger partial charge in [0.1, 0.15) is 5.75 Å². The lowest BCUT2D eigenvalue weighted by atomic mass is 9.76. The average molecular weight is 260 g/mol. The molecule has 0 heterocycles. The van der Waals surface area contributed by atoms with Crippen molar-refractivity contribution >= 4 is 11.5 Å². The van der Waals surface area contributed by atoms with E-state index >= 15 is 0 Å². The van der Waals surface area contributed by atoms with E-state index < -0.39 is 5.97 Å². The molecule has 3 nitrogen and oxygen atoms in total. The SMILES string of the molecule is COc1c(C)cc(C)cc1/C(=C/C(=O)O)C1CCC1. The van der Waals surface area contributed by atoms with Crippen molar-refractivity contribution in [1.29, 1.82) is 0 Å². The van der Waals surface area contributed by atoms with Crippen molar-refractivity contribution < 1.29 is 14.6 Å². The van der Waals surface area contributed by atoms with Gasteiger partial charge in [-0.25, -0.2) is 4.79 Å². The first-order valence-corrected chi connectivity index (χ1v) is 6.63. The first-order chi connectivity index (χ1) is 9.02. The third-order valence-corrected chi connectivity index (χ3v) is 3.76. The van der Waals surface area contributed by atoms with Gasteiger partial charge >= 0.3 is 5.97 Å². The van der Waals surface area contributed by atoms with Crippen molar-refractivity contribution in [1.82, 2.24) is 0 Å². The van der Waals surface area contributed by atoms with E-state index in [1.54, 1.807) is 7.11 Å². The number of rotatable bonds is 4. The van der Waals surface area contributed by atoms with Crippen molar-refractivity contribution in [2.24, 2.45) is 5.92 Å². The van der Waals surface area contributed by atoms with Crippen molar-refractivity contribution in [3.8, 4) is 5.75 Å². The average Bonchev–Trinajstić information content (AvgIpc) is 2.24. The van der Waals surface area contributed by atoms with Gasteiger partial charge in [0.25, 0.3) is 0 Å². The van der Waals surface area contributed by atoms with E-state index in [2.05, 4.69) is 6.07 Å². The summed E-state index contributed by atoms with van der Waals surface area (Å²) < 4.78 is 5.48. The molecule has 1 aromatic carbocycles. The lowest BCUT2D eigenvalue weighted by molar-refractivity contribution is -0.131. The van der Waals surface area contributed by atoms with Gasteiger partial charge in [0.2, 0.25) is 0 Å². The topological polar surface area (TPSA) is 46.5 Å². The van der Waals surface area contributed by atoms with Crippen LogP contribution in [0.1, 0.15) is 36.0 Å². The molecule has 1 fully saturated rings. The molecular formula is C16H20O3. The summed E-state index contributed by atoms with van der Waals surface area (Å²) in [6.45, 7) is 4.02. The zero-order valence-corrected chi connectivity index (χ0v) is 11.7. The molecule has 0 aromatic heterocycles. The van der Waals surface area contributed by atoms with Crippen LogP contribution in [-0.2, 0) is 4.79 Å². The third-order valence-electron chi connectivity index (χ3n) is 3.76. The molecule has 1 saturated carbocycles. The Morgan fingerprint density at radius 3 is 2.53 bits per heavy atom. The van der Waals surface area contributed by atoms with Crippen LogP contribution < -0.4 is 4.74 Å². The Morgan fingerprint density at radius 1 is 1.37 bits per heavy atom. The first kappa shape index (κ1) is 13.7. The van der Waals surface area contributed by atoms with Crippen LogP contribution in [0.5, 0.6) is 5.75 Å². The van der Waals surface area contributed by atoms with E-state index in [1.165, 1.54) is 12.5 Å². The lowest BCUT2D eigenvalue weighted by Crippen LogP contribution is -2.15. The molecule has 1 aromatic rings. The number of aliphatic carboxylic acids is 1. The fourth-order valence-corrected chi connectivity index (χ4v) is 2.71. The number of methoxy groups -OCH3 is 1. The number of benzene rings is 1. The number of carbonyl (C=O) groups is 1. The lowest BCUT2D eigenvalue weighted by Gasteiger charge is -2.29. The van der Waals surface area contributed by atoms with Gasteiger partial charge in [0, 0.05) is 11.6 Å². The van der Waals surface area contributed by atoms with E-state index in [1.807, 2.05) is 19.9 Å². The Balaban J connectivity index is 2.55. The van der Waals surface area contributed by atoms with Crippen LogP contribution in [0.25, 0.3) is 5.57 Å². The summed E-state index contributed by atoms with van der Waals surface area (Å²) in [5.74, 6) is 0.263. The van der Waals surface area contributed by atoms with Crippen molar-refractivity contribution in [3.05, 3.63) is 34.9 Å². The fraction of sp³-hybridized carbons (Fsp3) is 0.438. The summed E-state index contributed by atoms with van der Waals surface area (Å²) in [7, 11) is 1.64. The zero-order valence-electron chi connectivity index (χ0n) is 11.7. The molecule has 1 N–H and O–H groups in total. The summed E-state index contributed by atoms with van der Waals surface area (Å²) in [5, 5.41) is 9.10. The van der Waals surface area contributed by atoms with E-state index in [-0.39, 0.29) is 0 Å². The van der Waals surface area contributed by atoms with Gasteiger partial charge in [-0.05, 0) is 55.4 Å². The summed E-state index contributed by atoms with van der Waals surface area (Å²) in [4.78, 5) is 11.1. The molecule has 0 unspecified atom stereocenters. The Bertz CT molecular complexity index is 525. The Morgan fingerprint density at radius 2 is 2.05 bits per heavy atom. The Hall–Kier alpha value is -1.77. The van der Waals surface area contributed by atoms with E-state index in [9.17, 15) is 4.79 Å². The molecule has 0 amide bonds. The van der Waals surface area contributed by atoms with E-state index in [0.717, 1.165) is 40.9 Å². The van der Waals surface area contributed by atoms with Crippen LogP contribution in [0.4, 0.5) is 0 Å². The molecule has 0 saturated heterocycles. The highest BCUT2D eigenvalue weighted by molar-refractivity contribution is 5.92. The summed E-state index contributed by atoms with van der Waals surface area (Å²) in [6, 6.07) is 4.08. The minimum absolute atomic E-state index is 0.353. The molecule has 0 aliphatic heterocycles. The maximum Gasteiger partial charge on any atom is 0.328 e. The van der Waals surface area contributed by atoms with Gasteiger partial charge in [-0.3, -0.25) is 0 Å². The molecule has 1 aliphatic rings. The number of allylic oxidation sites excluding steroid dienone is 1. The van der Waals surface area contributed by atoms with Crippen molar-refractivity contribution in [3.63, 3.8) is 0 Å². The summed E-state index contributed by atoms with van der Waals surface area (Å²) in [5.41, 5.74) is 4.02. The van der Waals surface area contributed by atoms with Crippen LogP contribution in [-0.4, -0.2) is 18.2 Å². The number of aryl methyl sites for hydroxylation is 2. The summed E-state index contributed by atoms with van der Waals surface area (Å²) >= 11 is 0. The van der Waals surface area contributed by atoms with Crippen LogP contribution >= 0.6 is 0 Å². The maximum absolute atomic E-state index is 11.1. The second-order valence-electron chi connectivity index (χ2n) is 5.23.